The van der Waals surface area contributed by atoms with Gasteiger partial charge < -0.3 is 15.4 Å². The predicted molar refractivity (Wildman–Crippen MR) is 83.1 cm³/mol. The molecule has 1 aromatic carbocycles. The zero-order valence-electron chi connectivity index (χ0n) is 12.1. The van der Waals surface area contributed by atoms with Gasteiger partial charge in [0.15, 0.2) is 0 Å². The Bertz CT molecular complexity index is 536. The average Bonchev–Trinajstić information content (AvgIpc) is 3.06. The number of benzene rings is 1. The highest BCUT2D eigenvalue weighted by Crippen LogP contribution is 2.14. The molecule has 0 saturated carbocycles. The van der Waals surface area contributed by atoms with Crippen LogP contribution in [0.15, 0.2) is 48.7 Å². The molecular weight excluding hydrogens is 262 g/mol. The monoisotopic (exact) mass is 283 g/mol. The lowest BCUT2D eigenvalue weighted by molar-refractivity contribution is 0.301. The van der Waals surface area contributed by atoms with E-state index in [9.17, 15) is 0 Å². The van der Waals surface area contributed by atoms with Crippen LogP contribution < -0.4 is 15.4 Å². The van der Waals surface area contributed by atoms with Crippen molar-refractivity contribution in [3.63, 3.8) is 0 Å². The number of ether oxygens (including phenoxy) is 1. The summed E-state index contributed by atoms with van der Waals surface area (Å²) in [4.78, 5) is 4.24. The summed E-state index contributed by atoms with van der Waals surface area (Å²) in [5.74, 6) is 0.881. The molecule has 0 bridgehead atoms. The van der Waals surface area contributed by atoms with E-state index < -0.39 is 0 Å². The summed E-state index contributed by atoms with van der Waals surface area (Å²) in [6.45, 7) is 3.61. The van der Waals surface area contributed by atoms with Crippen LogP contribution in [0.4, 0.5) is 0 Å². The molecule has 4 heteroatoms. The zero-order valence-corrected chi connectivity index (χ0v) is 12.1. The molecule has 0 aliphatic carbocycles. The summed E-state index contributed by atoms with van der Waals surface area (Å²) in [6, 6.07) is 14.7. The molecule has 4 nitrogen and oxygen atoms in total. The van der Waals surface area contributed by atoms with E-state index in [2.05, 4.69) is 27.8 Å². The number of hydrogen-bond acceptors (Lipinski definition) is 4. The van der Waals surface area contributed by atoms with Crippen molar-refractivity contribution < 1.29 is 4.74 Å². The number of pyridine rings is 1. The molecule has 0 amide bonds. The lowest BCUT2D eigenvalue weighted by atomic mass is 10.2. The first-order chi connectivity index (χ1) is 10.4. The predicted octanol–water partition coefficient (Wildman–Crippen LogP) is 2.11. The van der Waals surface area contributed by atoms with Gasteiger partial charge in [-0.2, -0.15) is 0 Å². The Morgan fingerprint density at radius 1 is 1.19 bits per heavy atom. The molecule has 0 spiro atoms. The highest BCUT2D eigenvalue weighted by atomic mass is 16.5. The van der Waals surface area contributed by atoms with Crippen LogP contribution in [0.3, 0.4) is 0 Å². The quantitative estimate of drug-likeness (QED) is 0.852. The summed E-state index contributed by atoms with van der Waals surface area (Å²) >= 11 is 0. The van der Waals surface area contributed by atoms with Gasteiger partial charge in [-0.3, -0.25) is 4.98 Å². The Hall–Kier alpha value is -1.91. The largest absolute Gasteiger partial charge is 0.487 e. The Labute approximate surface area is 125 Å². The van der Waals surface area contributed by atoms with E-state index in [1.807, 2.05) is 30.3 Å². The van der Waals surface area contributed by atoms with E-state index in [1.54, 1.807) is 6.20 Å². The lowest BCUT2D eigenvalue weighted by Crippen LogP contribution is -2.30. The van der Waals surface area contributed by atoms with Gasteiger partial charge in [0.25, 0.3) is 0 Å². The van der Waals surface area contributed by atoms with Crippen LogP contribution in [-0.2, 0) is 13.2 Å². The van der Waals surface area contributed by atoms with Crippen molar-refractivity contribution in [2.24, 2.45) is 0 Å². The van der Waals surface area contributed by atoms with Crippen LogP contribution in [0.5, 0.6) is 5.75 Å². The third-order valence-corrected chi connectivity index (χ3v) is 3.69. The van der Waals surface area contributed by atoms with Crippen molar-refractivity contribution in [2.75, 3.05) is 13.1 Å². The molecule has 3 rings (SSSR count). The van der Waals surface area contributed by atoms with Crippen LogP contribution in [0.2, 0.25) is 0 Å². The minimum atomic E-state index is 0.506. The molecule has 1 fully saturated rings. The van der Waals surface area contributed by atoms with Crippen molar-refractivity contribution in [3.05, 3.63) is 59.9 Å². The topological polar surface area (TPSA) is 46.2 Å². The van der Waals surface area contributed by atoms with E-state index in [0.717, 1.165) is 31.1 Å². The van der Waals surface area contributed by atoms with E-state index in [0.29, 0.717) is 12.6 Å². The molecular formula is C17H21N3O. The van der Waals surface area contributed by atoms with Crippen molar-refractivity contribution in [1.29, 1.82) is 0 Å². The molecule has 1 aromatic heterocycles. The minimum Gasteiger partial charge on any atom is -0.487 e. The summed E-state index contributed by atoms with van der Waals surface area (Å²) in [5, 5.41) is 6.92. The van der Waals surface area contributed by atoms with E-state index in [1.165, 1.54) is 12.0 Å². The smallest absolute Gasteiger partial charge is 0.130 e. The second-order valence-corrected chi connectivity index (χ2v) is 5.32. The number of aromatic nitrogens is 1. The highest BCUT2D eigenvalue weighted by Gasteiger charge is 2.12. The van der Waals surface area contributed by atoms with E-state index in [-0.39, 0.29) is 0 Å². The second-order valence-electron chi connectivity index (χ2n) is 5.32. The molecule has 1 saturated heterocycles. The van der Waals surface area contributed by atoms with Gasteiger partial charge in [-0.25, -0.2) is 0 Å². The standard InChI is InChI=1S/C17H21N3O/c1-2-9-19-16(3-1)13-21-17-6-4-14(5-7-17)11-20-15-8-10-18-12-15/h1-7,9,15,18,20H,8,10-13H2. The first kappa shape index (κ1) is 14.0. The number of rotatable bonds is 6. The van der Waals surface area contributed by atoms with Crippen molar-refractivity contribution in [3.8, 4) is 5.75 Å². The molecule has 2 aromatic rings. The Morgan fingerprint density at radius 2 is 2.10 bits per heavy atom. The summed E-state index contributed by atoms with van der Waals surface area (Å²) in [5.41, 5.74) is 2.23. The normalized spacial score (nSPS) is 17.8. The summed E-state index contributed by atoms with van der Waals surface area (Å²) < 4.78 is 5.73. The fraction of sp³-hybridized carbons (Fsp3) is 0.353. The first-order valence-corrected chi connectivity index (χ1v) is 7.46. The highest BCUT2D eigenvalue weighted by molar-refractivity contribution is 5.27. The number of hydrogen-bond donors (Lipinski definition) is 2. The maximum absolute atomic E-state index is 5.73. The summed E-state index contributed by atoms with van der Waals surface area (Å²) in [7, 11) is 0. The van der Waals surface area contributed by atoms with Crippen LogP contribution in [0.1, 0.15) is 17.7 Å². The molecule has 21 heavy (non-hydrogen) atoms. The third kappa shape index (κ3) is 4.28. The minimum absolute atomic E-state index is 0.506. The van der Waals surface area contributed by atoms with Gasteiger partial charge in [0.1, 0.15) is 12.4 Å². The van der Waals surface area contributed by atoms with Gasteiger partial charge in [0.2, 0.25) is 0 Å². The van der Waals surface area contributed by atoms with Crippen molar-refractivity contribution in [2.45, 2.75) is 25.6 Å². The molecule has 1 unspecified atom stereocenters. The fourth-order valence-electron chi connectivity index (χ4n) is 2.44. The maximum Gasteiger partial charge on any atom is 0.130 e. The van der Waals surface area contributed by atoms with Crippen molar-refractivity contribution in [1.82, 2.24) is 15.6 Å². The SMILES string of the molecule is c1ccc(COc2ccc(CNC3CCNC3)cc2)nc1. The second kappa shape index (κ2) is 7.20. The van der Waals surface area contributed by atoms with Gasteiger partial charge in [-0.15, -0.1) is 0 Å². The van der Waals surface area contributed by atoms with Crippen LogP contribution in [0.25, 0.3) is 0 Å². The third-order valence-electron chi connectivity index (χ3n) is 3.69. The molecule has 1 aliphatic heterocycles. The van der Waals surface area contributed by atoms with Crippen LogP contribution in [0, 0.1) is 0 Å². The van der Waals surface area contributed by atoms with E-state index in [4.69, 9.17) is 4.74 Å². The number of nitrogens with zero attached hydrogens (tertiary/aromatic N) is 1. The Balaban J connectivity index is 1.47. The van der Waals surface area contributed by atoms with E-state index >= 15 is 0 Å². The average molecular weight is 283 g/mol. The lowest BCUT2D eigenvalue weighted by Gasteiger charge is -2.11. The fourth-order valence-corrected chi connectivity index (χ4v) is 2.44. The molecule has 2 N–H and O–H groups in total. The zero-order chi connectivity index (χ0) is 14.3. The van der Waals surface area contributed by atoms with Gasteiger partial charge >= 0.3 is 0 Å². The molecule has 1 atom stereocenters. The molecule has 0 radical (unpaired) electrons. The van der Waals surface area contributed by atoms with Crippen LogP contribution in [-0.4, -0.2) is 24.1 Å². The van der Waals surface area contributed by atoms with Gasteiger partial charge in [0.05, 0.1) is 5.69 Å². The Kier molecular flexibility index (Phi) is 4.82. The Morgan fingerprint density at radius 3 is 2.81 bits per heavy atom. The number of nitrogens with one attached hydrogen (secondary N) is 2. The summed E-state index contributed by atoms with van der Waals surface area (Å²) in [6.07, 6.45) is 3.00. The molecule has 110 valence electrons. The van der Waals surface area contributed by atoms with Gasteiger partial charge in [-0.1, -0.05) is 18.2 Å². The van der Waals surface area contributed by atoms with Crippen molar-refractivity contribution >= 4 is 0 Å². The van der Waals surface area contributed by atoms with Gasteiger partial charge in [0, 0.05) is 25.3 Å². The van der Waals surface area contributed by atoms with Crippen LogP contribution >= 0.6 is 0 Å². The molecule has 2 heterocycles. The molecule has 1 aliphatic rings. The maximum atomic E-state index is 5.73. The first-order valence-electron chi connectivity index (χ1n) is 7.46. The van der Waals surface area contributed by atoms with Gasteiger partial charge in [-0.05, 0) is 42.8 Å².